The highest BCUT2D eigenvalue weighted by Gasteiger charge is 2.23. The smallest absolute Gasteiger partial charge is 0.243 e. The monoisotopic (exact) mass is 366 g/mol. The molecule has 1 amide bonds. The zero-order chi connectivity index (χ0) is 17.9. The van der Waals surface area contributed by atoms with E-state index >= 15 is 0 Å². The summed E-state index contributed by atoms with van der Waals surface area (Å²) >= 11 is 5.99. The number of aryl methyl sites for hydroxylation is 2. The van der Waals surface area contributed by atoms with Crippen molar-refractivity contribution in [3.05, 3.63) is 58.6 Å². The third-order valence-electron chi connectivity index (χ3n) is 3.55. The summed E-state index contributed by atoms with van der Waals surface area (Å²) in [5.41, 5.74) is 2.48. The number of carbonyl (C=O) groups excluding carboxylic acids is 1. The van der Waals surface area contributed by atoms with Gasteiger partial charge in [0.2, 0.25) is 15.9 Å². The Morgan fingerprint density at radius 2 is 1.75 bits per heavy atom. The Bertz CT molecular complexity index is 849. The highest BCUT2D eigenvalue weighted by molar-refractivity contribution is 7.89. The lowest BCUT2D eigenvalue weighted by molar-refractivity contribution is -0.116. The molecule has 0 aliphatic carbocycles. The van der Waals surface area contributed by atoms with E-state index in [1.54, 1.807) is 25.1 Å². The molecule has 0 radical (unpaired) electrons. The predicted octanol–water partition coefficient (Wildman–Crippen LogP) is 3.22. The van der Waals surface area contributed by atoms with Crippen LogP contribution >= 0.6 is 11.6 Å². The number of amides is 1. The lowest BCUT2D eigenvalue weighted by Crippen LogP contribution is -2.35. The SMILES string of the molecule is Cc1ccc(NC(=O)CN(C)S(=O)(=O)c2ccc(C)c(Cl)c2)cc1. The molecule has 0 aliphatic rings. The first kappa shape index (κ1) is 18.4. The molecule has 2 aromatic carbocycles. The van der Waals surface area contributed by atoms with Gasteiger partial charge in [0.15, 0.2) is 0 Å². The standard InChI is InChI=1S/C17H19ClN2O3S/c1-12-4-7-14(8-5-12)19-17(21)11-20(3)24(22,23)15-9-6-13(2)16(18)10-15/h4-10H,11H2,1-3H3,(H,19,21). The fourth-order valence-corrected chi connectivity index (χ4v) is 3.44. The van der Waals surface area contributed by atoms with Gasteiger partial charge in [0.05, 0.1) is 11.4 Å². The van der Waals surface area contributed by atoms with Crippen LogP contribution in [0.1, 0.15) is 11.1 Å². The topological polar surface area (TPSA) is 66.5 Å². The van der Waals surface area contributed by atoms with Crippen molar-refractivity contribution in [2.45, 2.75) is 18.7 Å². The molecule has 128 valence electrons. The molecule has 7 heteroatoms. The van der Waals surface area contributed by atoms with Crippen LogP contribution in [-0.4, -0.2) is 32.2 Å². The molecule has 24 heavy (non-hydrogen) atoms. The van der Waals surface area contributed by atoms with Gasteiger partial charge >= 0.3 is 0 Å². The lowest BCUT2D eigenvalue weighted by atomic mass is 10.2. The Morgan fingerprint density at radius 1 is 1.12 bits per heavy atom. The lowest BCUT2D eigenvalue weighted by Gasteiger charge is -2.17. The zero-order valence-corrected chi connectivity index (χ0v) is 15.3. The van der Waals surface area contributed by atoms with Crippen molar-refractivity contribution in [1.29, 1.82) is 0 Å². The quantitative estimate of drug-likeness (QED) is 0.883. The van der Waals surface area contributed by atoms with Crippen molar-refractivity contribution < 1.29 is 13.2 Å². The second kappa shape index (κ2) is 7.34. The van der Waals surface area contributed by atoms with Gasteiger partial charge in [0.25, 0.3) is 0 Å². The van der Waals surface area contributed by atoms with E-state index in [0.29, 0.717) is 10.7 Å². The summed E-state index contributed by atoms with van der Waals surface area (Å²) in [5.74, 6) is -0.414. The molecule has 0 bridgehead atoms. The number of anilines is 1. The molecule has 0 aliphatic heterocycles. The fourth-order valence-electron chi connectivity index (χ4n) is 2.04. The number of likely N-dealkylation sites (N-methyl/N-ethyl adjacent to an activating group) is 1. The van der Waals surface area contributed by atoms with Crippen molar-refractivity contribution in [2.24, 2.45) is 0 Å². The van der Waals surface area contributed by atoms with Gasteiger partial charge in [0, 0.05) is 17.8 Å². The zero-order valence-electron chi connectivity index (χ0n) is 13.7. The van der Waals surface area contributed by atoms with E-state index in [-0.39, 0.29) is 11.4 Å². The number of carbonyl (C=O) groups is 1. The van der Waals surface area contributed by atoms with E-state index in [4.69, 9.17) is 11.6 Å². The number of nitrogens with zero attached hydrogens (tertiary/aromatic N) is 1. The van der Waals surface area contributed by atoms with Crippen LogP contribution in [0.2, 0.25) is 5.02 Å². The minimum absolute atomic E-state index is 0.0590. The number of hydrogen-bond acceptors (Lipinski definition) is 3. The molecule has 0 atom stereocenters. The minimum atomic E-state index is -3.78. The van der Waals surface area contributed by atoms with Gasteiger partial charge in [-0.1, -0.05) is 35.4 Å². The highest BCUT2D eigenvalue weighted by Crippen LogP contribution is 2.22. The van der Waals surface area contributed by atoms with Crippen molar-refractivity contribution in [1.82, 2.24) is 4.31 Å². The van der Waals surface area contributed by atoms with E-state index < -0.39 is 15.9 Å². The number of benzene rings is 2. The summed E-state index contributed by atoms with van der Waals surface area (Å²) in [6.07, 6.45) is 0. The normalized spacial score (nSPS) is 11.5. The highest BCUT2D eigenvalue weighted by atomic mass is 35.5. The summed E-state index contributed by atoms with van der Waals surface area (Å²) in [4.78, 5) is 12.1. The van der Waals surface area contributed by atoms with E-state index in [1.165, 1.54) is 19.2 Å². The maximum Gasteiger partial charge on any atom is 0.243 e. The number of nitrogens with one attached hydrogen (secondary N) is 1. The Morgan fingerprint density at radius 3 is 2.33 bits per heavy atom. The summed E-state index contributed by atoms with van der Waals surface area (Å²) in [7, 11) is -2.43. The van der Waals surface area contributed by atoms with Crippen LogP contribution in [0.15, 0.2) is 47.4 Å². The van der Waals surface area contributed by atoms with Gasteiger partial charge < -0.3 is 5.32 Å². The molecule has 2 rings (SSSR count). The van der Waals surface area contributed by atoms with E-state index in [1.807, 2.05) is 19.1 Å². The Kier molecular flexibility index (Phi) is 5.64. The van der Waals surface area contributed by atoms with Gasteiger partial charge in [0.1, 0.15) is 0 Å². The van der Waals surface area contributed by atoms with Gasteiger partial charge in [-0.05, 0) is 43.7 Å². The Labute approximate surface area is 147 Å². The van der Waals surface area contributed by atoms with Crippen LogP contribution in [0.5, 0.6) is 0 Å². The van der Waals surface area contributed by atoms with Gasteiger partial charge in [-0.2, -0.15) is 4.31 Å². The van der Waals surface area contributed by atoms with Crippen LogP contribution < -0.4 is 5.32 Å². The molecule has 0 spiro atoms. The molecule has 0 fully saturated rings. The minimum Gasteiger partial charge on any atom is -0.325 e. The van der Waals surface area contributed by atoms with Crippen molar-refractivity contribution in [3.8, 4) is 0 Å². The molecule has 1 N–H and O–H groups in total. The molecular weight excluding hydrogens is 348 g/mol. The number of rotatable bonds is 5. The first-order chi connectivity index (χ1) is 11.2. The second-order valence-corrected chi connectivity index (χ2v) is 8.04. The molecule has 5 nitrogen and oxygen atoms in total. The van der Waals surface area contributed by atoms with Crippen LogP contribution in [0.3, 0.4) is 0 Å². The van der Waals surface area contributed by atoms with Crippen molar-refractivity contribution in [2.75, 3.05) is 18.9 Å². The molecule has 0 aromatic heterocycles. The number of hydrogen-bond donors (Lipinski definition) is 1. The molecule has 0 saturated heterocycles. The van der Waals surface area contributed by atoms with E-state index in [0.717, 1.165) is 15.4 Å². The number of sulfonamides is 1. The molecule has 0 unspecified atom stereocenters. The first-order valence-corrected chi connectivity index (χ1v) is 9.11. The summed E-state index contributed by atoms with van der Waals surface area (Å²) in [5, 5.41) is 3.04. The summed E-state index contributed by atoms with van der Waals surface area (Å²) in [6.45, 7) is 3.44. The average molecular weight is 367 g/mol. The fraction of sp³-hybridized carbons (Fsp3) is 0.235. The second-order valence-electron chi connectivity index (χ2n) is 5.59. The molecule has 0 saturated carbocycles. The third-order valence-corrected chi connectivity index (χ3v) is 5.76. The summed E-state index contributed by atoms with van der Waals surface area (Å²) < 4.78 is 26.0. The van der Waals surface area contributed by atoms with Crippen molar-refractivity contribution in [3.63, 3.8) is 0 Å². The van der Waals surface area contributed by atoms with Crippen LogP contribution in [-0.2, 0) is 14.8 Å². The molecule has 2 aromatic rings. The van der Waals surface area contributed by atoms with E-state index in [2.05, 4.69) is 5.32 Å². The Hall–Kier alpha value is -1.89. The third kappa shape index (κ3) is 4.35. The first-order valence-electron chi connectivity index (χ1n) is 7.29. The Balaban J connectivity index is 2.09. The van der Waals surface area contributed by atoms with Crippen molar-refractivity contribution >= 4 is 33.2 Å². The number of halogens is 1. The van der Waals surface area contributed by atoms with Gasteiger partial charge in [-0.25, -0.2) is 8.42 Å². The van der Waals surface area contributed by atoms with Gasteiger partial charge in [-0.15, -0.1) is 0 Å². The van der Waals surface area contributed by atoms with Crippen LogP contribution in [0.4, 0.5) is 5.69 Å². The summed E-state index contributed by atoms with van der Waals surface area (Å²) in [6, 6.07) is 11.8. The van der Waals surface area contributed by atoms with Crippen LogP contribution in [0.25, 0.3) is 0 Å². The molecular formula is C17H19ClN2O3S. The maximum absolute atomic E-state index is 12.5. The maximum atomic E-state index is 12.5. The van der Waals surface area contributed by atoms with E-state index in [9.17, 15) is 13.2 Å². The predicted molar refractivity (Wildman–Crippen MR) is 95.8 cm³/mol. The average Bonchev–Trinajstić information content (AvgIpc) is 2.52. The molecule has 0 heterocycles. The van der Waals surface area contributed by atoms with Gasteiger partial charge in [-0.3, -0.25) is 4.79 Å². The van der Waals surface area contributed by atoms with Crippen LogP contribution in [0, 0.1) is 13.8 Å². The largest absolute Gasteiger partial charge is 0.325 e.